The number of aromatic carboxylic acids is 1. The number of nitrogens with one attached hydrogen (secondary N) is 1. The van der Waals surface area contributed by atoms with Gasteiger partial charge in [-0.05, 0) is 32.9 Å². The van der Waals surface area contributed by atoms with Crippen LogP contribution in [0.4, 0.5) is 0 Å². The highest BCUT2D eigenvalue weighted by Gasteiger charge is 2.36. The van der Waals surface area contributed by atoms with Crippen LogP contribution in [0.25, 0.3) is 0 Å². The monoisotopic (exact) mass is 295 g/mol. The molecule has 1 aliphatic rings. The van der Waals surface area contributed by atoms with E-state index in [0.29, 0.717) is 12.3 Å². The Morgan fingerprint density at radius 1 is 1.62 bits per heavy atom. The van der Waals surface area contributed by atoms with Gasteiger partial charge in [-0.2, -0.15) is 0 Å². The van der Waals surface area contributed by atoms with E-state index in [4.69, 9.17) is 9.63 Å². The highest BCUT2D eigenvalue weighted by atomic mass is 16.5. The lowest BCUT2D eigenvalue weighted by Gasteiger charge is -2.45. The number of carbonyl (C=O) groups is 1. The summed E-state index contributed by atoms with van der Waals surface area (Å²) in [6.07, 6.45) is 4.93. The molecule has 1 aliphatic carbocycles. The van der Waals surface area contributed by atoms with Crippen molar-refractivity contribution in [3.8, 4) is 0 Å². The molecular formula is C15H25N3O3. The van der Waals surface area contributed by atoms with E-state index in [1.165, 1.54) is 31.7 Å². The Morgan fingerprint density at radius 2 is 2.38 bits per heavy atom. The van der Waals surface area contributed by atoms with Crippen LogP contribution >= 0.6 is 0 Å². The second-order valence-corrected chi connectivity index (χ2v) is 6.41. The summed E-state index contributed by atoms with van der Waals surface area (Å²) in [5.41, 5.74) is 0.133. The van der Waals surface area contributed by atoms with Gasteiger partial charge in [-0.3, -0.25) is 0 Å². The molecule has 1 fully saturated rings. The molecule has 1 heterocycles. The minimum Gasteiger partial charge on any atom is -0.476 e. The predicted molar refractivity (Wildman–Crippen MR) is 79.2 cm³/mol. The van der Waals surface area contributed by atoms with Gasteiger partial charge in [0.1, 0.15) is 0 Å². The van der Waals surface area contributed by atoms with E-state index in [2.05, 4.69) is 36.4 Å². The van der Waals surface area contributed by atoms with E-state index >= 15 is 0 Å². The first-order chi connectivity index (χ1) is 9.93. The zero-order valence-electron chi connectivity index (χ0n) is 13.1. The van der Waals surface area contributed by atoms with Crippen LogP contribution in [0, 0.1) is 5.92 Å². The summed E-state index contributed by atoms with van der Waals surface area (Å²) in [5.74, 6) is 0.243. The maximum atomic E-state index is 10.8. The van der Waals surface area contributed by atoms with Crippen molar-refractivity contribution < 1.29 is 14.4 Å². The normalized spacial score (nSPS) is 26.2. The van der Waals surface area contributed by atoms with E-state index in [-0.39, 0.29) is 11.2 Å². The summed E-state index contributed by atoms with van der Waals surface area (Å²) in [6.45, 7) is 3.69. The summed E-state index contributed by atoms with van der Waals surface area (Å²) in [5, 5.41) is 15.7. The van der Waals surface area contributed by atoms with Crippen LogP contribution in [-0.2, 0) is 6.54 Å². The summed E-state index contributed by atoms with van der Waals surface area (Å²) in [6, 6.07) is 1.47. The van der Waals surface area contributed by atoms with Crippen LogP contribution < -0.4 is 5.32 Å². The fourth-order valence-corrected chi connectivity index (χ4v) is 3.27. The van der Waals surface area contributed by atoms with Crippen molar-refractivity contribution in [2.24, 2.45) is 5.92 Å². The maximum absolute atomic E-state index is 10.8. The fourth-order valence-electron chi connectivity index (χ4n) is 3.27. The topological polar surface area (TPSA) is 78.6 Å². The number of hydrogen-bond donors (Lipinski definition) is 2. The van der Waals surface area contributed by atoms with Crippen molar-refractivity contribution in [3.63, 3.8) is 0 Å². The van der Waals surface area contributed by atoms with Crippen molar-refractivity contribution in [2.75, 3.05) is 20.6 Å². The van der Waals surface area contributed by atoms with Crippen LogP contribution in [0.15, 0.2) is 10.6 Å². The molecule has 1 aromatic rings. The zero-order chi connectivity index (χ0) is 15.5. The van der Waals surface area contributed by atoms with E-state index in [9.17, 15) is 4.79 Å². The Kier molecular flexibility index (Phi) is 5.00. The Labute approximate surface area is 125 Å². The predicted octanol–water partition coefficient (Wildman–Crippen LogP) is 1.97. The number of hydrogen-bond acceptors (Lipinski definition) is 5. The first kappa shape index (κ1) is 16.0. The molecule has 1 aromatic heterocycles. The van der Waals surface area contributed by atoms with Crippen LogP contribution in [0.3, 0.4) is 0 Å². The van der Waals surface area contributed by atoms with Crippen LogP contribution in [0.1, 0.15) is 48.9 Å². The third-order valence-electron chi connectivity index (χ3n) is 4.55. The van der Waals surface area contributed by atoms with Crippen molar-refractivity contribution in [1.29, 1.82) is 0 Å². The quantitative estimate of drug-likeness (QED) is 0.835. The van der Waals surface area contributed by atoms with Gasteiger partial charge in [0.2, 0.25) is 0 Å². The van der Waals surface area contributed by atoms with Gasteiger partial charge >= 0.3 is 5.97 Å². The molecule has 2 rings (SSSR count). The second kappa shape index (κ2) is 6.58. The van der Waals surface area contributed by atoms with Crippen LogP contribution in [0.5, 0.6) is 0 Å². The zero-order valence-corrected chi connectivity index (χ0v) is 13.1. The molecule has 0 radical (unpaired) electrons. The maximum Gasteiger partial charge on any atom is 0.358 e. The number of nitrogens with zero attached hydrogens (tertiary/aromatic N) is 2. The largest absolute Gasteiger partial charge is 0.476 e. The van der Waals surface area contributed by atoms with Gasteiger partial charge in [-0.15, -0.1) is 0 Å². The summed E-state index contributed by atoms with van der Waals surface area (Å²) in [4.78, 5) is 13.1. The lowest BCUT2D eigenvalue weighted by atomic mass is 9.75. The number of likely N-dealkylation sites (N-methyl/N-ethyl adjacent to an activating group) is 1. The molecule has 1 saturated carbocycles. The lowest BCUT2D eigenvalue weighted by molar-refractivity contribution is 0.0685. The average Bonchev–Trinajstić information content (AvgIpc) is 2.87. The molecule has 21 heavy (non-hydrogen) atoms. The molecular weight excluding hydrogens is 270 g/mol. The van der Waals surface area contributed by atoms with Gasteiger partial charge in [-0.25, -0.2) is 4.79 Å². The van der Waals surface area contributed by atoms with Crippen LogP contribution in [-0.4, -0.2) is 47.3 Å². The SMILES string of the molecule is CC1CCCC(CNCc2cc(C(=O)O)no2)(N(C)C)C1. The average molecular weight is 295 g/mol. The molecule has 6 heteroatoms. The Balaban J connectivity index is 1.91. The van der Waals surface area contributed by atoms with Gasteiger partial charge in [-0.1, -0.05) is 24.9 Å². The molecule has 2 unspecified atom stereocenters. The van der Waals surface area contributed by atoms with Crippen molar-refractivity contribution in [1.82, 2.24) is 15.4 Å². The molecule has 0 spiro atoms. The molecule has 0 saturated heterocycles. The Morgan fingerprint density at radius 3 is 2.95 bits per heavy atom. The Hall–Kier alpha value is -1.40. The van der Waals surface area contributed by atoms with E-state index in [1.54, 1.807) is 0 Å². The first-order valence-corrected chi connectivity index (χ1v) is 7.50. The van der Waals surface area contributed by atoms with Gasteiger partial charge in [0.25, 0.3) is 0 Å². The van der Waals surface area contributed by atoms with E-state index < -0.39 is 5.97 Å². The summed E-state index contributed by atoms with van der Waals surface area (Å²) in [7, 11) is 4.27. The summed E-state index contributed by atoms with van der Waals surface area (Å²) < 4.78 is 5.02. The van der Waals surface area contributed by atoms with E-state index in [0.717, 1.165) is 12.5 Å². The lowest BCUT2D eigenvalue weighted by Crippen LogP contribution is -2.54. The minimum atomic E-state index is -1.06. The molecule has 0 bridgehead atoms. The molecule has 0 amide bonds. The molecule has 2 atom stereocenters. The third kappa shape index (κ3) is 3.83. The molecule has 118 valence electrons. The fraction of sp³-hybridized carbons (Fsp3) is 0.733. The number of carboxylic acid groups (broad SMARTS) is 1. The third-order valence-corrected chi connectivity index (χ3v) is 4.55. The van der Waals surface area contributed by atoms with Crippen molar-refractivity contribution in [3.05, 3.63) is 17.5 Å². The number of rotatable bonds is 6. The number of carboxylic acids is 1. The smallest absolute Gasteiger partial charge is 0.358 e. The first-order valence-electron chi connectivity index (χ1n) is 7.50. The molecule has 0 aliphatic heterocycles. The van der Waals surface area contributed by atoms with E-state index in [1.807, 2.05) is 0 Å². The highest BCUT2D eigenvalue weighted by Crippen LogP contribution is 2.35. The molecule has 6 nitrogen and oxygen atoms in total. The number of aromatic nitrogens is 1. The second-order valence-electron chi connectivity index (χ2n) is 6.41. The van der Waals surface area contributed by atoms with Crippen LogP contribution in [0.2, 0.25) is 0 Å². The minimum absolute atomic E-state index is 0.0413. The van der Waals surface area contributed by atoms with Gasteiger partial charge in [0.15, 0.2) is 11.5 Å². The van der Waals surface area contributed by atoms with Gasteiger partial charge in [0, 0.05) is 18.2 Å². The molecule has 0 aromatic carbocycles. The van der Waals surface area contributed by atoms with Crippen molar-refractivity contribution in [2.45, 2.75) is 44.7 Å². The van der Waals surface area contributed by atoms with Crippen molar-refractivity contribution >= 4 is 5.97 Å². The standard InChI is InChI=1S/C15H25N3O3/c1-11-5-4-6-15(8-11,18(2)3)10-16-9-12-7-13(14(19)20)17-21-12/h7,11,16H,4-6,8-10H2,1-3H3,(H,19,20). The highest BCUT2D eigenvalue weighted by molar-refractivity contribution is 5.85. The molecule has 2 N–H and O–H groups in total. The Bertz CT molecular complexity index is 486. The summed E-state index contributed by atoms with van der Waals surface area (Å²) >= 11 is 0. The van der Waals surface area contributed by atoms with Gasteiger partial charge < -0.3 is 19.8 Å². The van der Waals surface area contributed by atoms with Gasteiger partial charge in [0.05, 0.1) is 6.54 Å².